The zero-order chi connectivity index (χ0) is 17.7. The summed E-state index contributed by atoms with van der Waals surface area (Å²) in [5.41, 5.74) is 0. The fourth-order valence-corrected chi connectivity index (χ4v) is 2.30. The summed E-state index contributed by atoms with van der Waals surface area (Å²) in [6.45, 7) is 0.109. The summed E-state index contributed by atoms with van der Waals surface area (Å²) in [6, 6.07) is 0. The smallest absolute Gasteiger partial charge is 0.187 e. The standard InChI is InChI=1S/C13H26O10/c1-2-5(16)8(18)12(6(17)3-14)23-13-11(21)10(20)9(19)7(4-15)22-13/h5-21H,2-4H2,1H3/t5?,6?,7?,8-,9+,10+,11?,12+,13+/m1/s1. The van der Waals surface area contributed by atoms with Crippen molar-refractivity contribution in [3.8, 4) is 0 Å². The zero-order valence-electron chi connectivity index (χ0n) is 12.7. The number of aliphatic hydroxyl groups is 8. The Morgan fingerprint density at radius 1 is 0.957 bits per heavy atom. The van der Waals surface area contributed by atoms with E-state index >= 15 is 0 Å². The Balaban J connectivity index is 2.89. The van der Waals surface area contributed by atoms with Crippen molar-refractivity contribution in [1.29, 1.82) is 0 Å². The third-order valence-electron chi connectivity index (χ3n) is 3.86. The van der Waals surface area contributed by atoms with Gasteiger partial charge in [0.25, 0.3) is 0 Å². The minimum Gasteiger partial charge on any atom is -0.394 e. The van der Waals surface area contributed by atoms with Crippen LogP contribution in [0.2, 0.25) is 0 Å². The Bertz CT molecular complexity index is 341. The van der Waals surface area contributed by atoms with Gasteiger partial charge in [-0.2, -0.15) is 0 Å². The van der Waals surface area contributed by atoms with Gasteiger partial charge in [-0.25, -0.2) is 0 Å². The molecular formula is C13H26O10. The zero-order valence-corrected chi connectivity index (χ0v) is 12.7. The van der Waals surface area contributed by atoms with Crippen LogP contribution in [-0.4, -0.2) is 109 Å². The summed E-state index contributed by atoms with van der Waals surface area (Å²) in [7, 11) is 0. The van der Waals surface area contributed by atoms with Crippen LogP contribution in [0.4, 0.5) is 0 Å². The van der Waals surface area contributed by atoms with Gasteiger partial charge < -0.3 is 50.3 Å². The van der Waals surface area contributed by atoms with Crippen LogP contribution in [-0.2, 0) is 9.47 Å². The van der Waals surface area contributed by atoms with Gasteiger partial charge in [0, 0.05) is 0 Å². The summed E-state index contributed by atoms with van der Waals surface area (Å²) in [5, 5.41) is 76.8. The Morgan fingerprint density at radius 3 is 2.04 bits per heavy atom. The summed E-state index contributed by atoms with van der Waals surface area (Å²) in [6.07, 6.45) is -13.7. The highest BCUT2D eigenvalue weighted by atomic mass is 16.7. The van der Waals surface area contributed by atoms with E-state index in [1.165, 1.54) is 0 Å². The molecule has 0 radical (unpaired) electrons. The molecule has 0 aromatic rings. The molecule has 0 amide bonds. The summed E-state index contributed by atoms with van der Waals surface area (Å²) in [5.74, 6) is 0. The first-order valence-electron chi connectivity index (χ1n) is 7.39. The normalized spacial score (nSPS) is 37.2. The Hall–Kier alpha value is -0.400. The SMILES string of the molecule is CCC(O)[C@@H](O)[C@@H](O[C@@H]1OC(CO)[C@H](O)[C@H](O)C1O)C(O)CO. The van der Waals surface area contributed by atoms with Crippen molar-refractivity contribution in [2.75, 3.05) is 13.2 Å². The van der Waals surface area contributed by atoms with Crippen molar-refractivity contribution in [2.45, 2.75) is 68.5 Å². The van der Waals surface area contributed by atoms with Gasteiger partial charge in [0.1, 0.15) is 42.7 Å². The second-order valence-corrected chi connectivity index (χ2v) is 5.51. The molecule has 1 aliphatic rings. The number of rotatable bonds is 8. The van der Waals surface area contributed by atoms with Gasteiger partial charge in [-0.3, -0.25) is 0 Å². The van der Waals surface area contributed by atoms with E-state index in [2.05, 4.69) is 0 Å². The first kappa shape index (κ1) is 20.6. The van der Waals surface area contributed by atoms with Gasteiger partial charge in [-0.15, -0.1) is 0 Å². The molecule has 10 heteroatoms. The Kier molecular flexibility index (Phi) is 8.24. The van der Waals surface area contributed by atoms with E-state index in [1.807, 2.05) is 0 Å². The maximum absolute atomic E-state index is 9.99. The molecule has 1 fully saturated rings. The molecule has 0 bridgehead atoms. The van der Waals surface area contributed by atoms with E-state index in [4.69, 9.17) is 19.7 Å². The maximum Gasteiger partial charge on any atom is 0.187 e. The number of ether oxygens (including phenoxy) is 2. The minimum atomic E-state index is -1.73. The van der Waals surface area contributed by atoms with Crippen LogP contribution in [0.1, 0.15) is 13.3 Å². The molecule has 1 aliphatic heterocycles. The molecule has 9 atom stereocenters. The number of hydrogen-bond donors (Lipinski definition) is 8. The van der Waals surface area contributed by atoms with Gasteiger partial charge in [0.2, 0.25) is 0 Å². The lowest BCUT2D eigenvalue weighted by Gasteiger charge is -2.42. The predicted octanol–water partition coefficient (Wildman–Crippen LogP) is -4.34. The van der Waals surface area contributed by atoms with Crippen molar-refractivity contribution < 1.29 is 50.3 Å². The second-order valence-electron chi connectivity index (χ2n) is 5.51. The van der Waals surface area contributed by atoms with Crippen molar-refractivity contribution in [3.05, 3.63) is 0 Å². The first-order valence-corrected chi connectivity index (χ1v) is 7.39. The van der Waals surface area contributed by atoms with Crippen molar-refractivity contribution in [1.82, 2.24) is 0 Å². The molecule has 1 rings (SSSR count). The lowest BCUT2D eigenvalue weighted by Crippen LogP contribution is -2.61. The molecule has 0 aromatic carbocycles. The first-order chi connectivity index (χ1) is 10.8. The van der Waals surface area contributed by atoms with E-state index in [0.717, 1.165) is 0 Å². The molecule has 23 heavy (non-hydrogen) atoms. The average molecular weight is 342 g/mol. The molecule has 138 valence electrons. The van der Waals surface area contributed by atoms with Crippen molar-refractivity contribution in [2.24, 2.45) is 0 Å². The van der Waals surface area contributed by atoms with Crippen LogP contribution in [0.5, 0.6) is 0 Å². The molecule has 4 unspecified atom stereocenters. The van der Waals surface area contributed by atoms with E-state index in [9.17, 15) is 30.6 Å². The van der Waals surface area contributed by atoms with Crippen LogP contribution in [0.15, 0.2) is 0 Å². The third-order valence-corrected chi connectivity index (χ3v) is 3.86. The van der Waals surface area contributed by atoms with Gasteiger partial charge in [-0.1, -0.05) is 6.92 Å². The summed E-state index contributed by atoms with van der Waals surface area (Å²) >= 11 is 0. The highest BCUT2D eigenvalue weighted by Gasteiger charge is 2.46. The lowest BCUT2D eigenvalue weighted by molar-refractivity contribution is -0.327. The Morgan fingerprint density at radius 2 is 1.57 bits per heavy atom. The van der Waals surface area contributed by atoms with E-state index in [1.54, 1.807) is 6.92 Å². The number of aliphatic hydroxyl groups excluding tert-OH is 8. The van der Waals surface area contributed by atoms with Crippen LogP contribution >= 0.6 is 0 Å². The maximum atomic E-state index is 9.99. The van der Waals surface area contributed by atoms with Crippen molar-refractivity contribution in [3.63, 3.8) is 0 Å². The van der Waals surface area contributed by atoms with Crippen LogP contribution in [0.25, 0.3) is 0 Å². The van der Waals surface area contributed by atoms with Gasteiger partial charge in [-0.05, 0) is 6.42 Å². The largest absolute Gasteiger partial charge is 0.394 e. The molecule has 8 N–H and O–H groups in total. The summed E-state index contributed by atoms with van der Waals surface area (Å²) < 4.78 is 10.3. The average Bonchev–Trinajstić information content (AvgIpc) is 2.57. The third kappa shape index (κ3) is 4.79. The summed E-state index contributed by atoms with van der Waals surface area (Å²) in [4.78, 5) is 0. The number of hydrogen-bond acceptors (Lipinski definition) is 10. The van der Waals surface area contributed by atoms with Crippen LogP contribution < -0.4 is 0 Å². The van der Waals surface area contributed by atoms with Crippen LogP contribution in [0, 0.1) is 0 Å². The monoisotopic (exact) mass is 342 g/mol. The van der Waals surface area contributed by atoms with Gasteiger partial charge in [0.15, 0.2) is 6.29 Å². The van der Waals surface area contributed by atoms with E-state index in [-0.39, 0.29) is 6.42 Å². The molecule has 10 nitrogen and oxygen atoms in total. The molecular weight excluding hydrogens is 316 g/mol. The van der Waals surface area contributed by atoms with Crippen LogP contribution in [0.3, 0.4) is 0 Å². The van der Waals surface area contributed by atoms with Crippen molar-refractivity contribution >= 4 is 0 Å². The molecule has 1 saturated heterocycles. The molecule has 0 saturated carbocycles. The highest BCUT2D eigenvalue weighted by molar-refractivity contribution is 4.91. The molecule has 0 aliphatic carbocycles. The second kappa shape index (κ2) is 9.18. The fraction of sp³-hybridized carbons (Fsp3) is 1.00. The Labute approximate surface area is 133 Å². The predicted molar refractivity (Wildman–Crippen MR) is 74.0 cm³/mol. The molecule has 1 heterocycles. The quantitative estimate of drug-likeness (QED) is 0.215. The van der Waals surface area contributed by atoms with Gasteiger partial charge in [0.05, 0.1) is 19.3 Å². The van der Waals surface area contributed by atoms with E-state index < -0.39 is 68.3 Å². The molecule has 0 spiro atoms. The minimum absolute atomic E-state index is 0.133. The van der Waals surface area contributed by atoms with E-state index in [0.29, 0.717) is 0 Å². The highest BCUT2D eigenvalue weighted by Crippen LogP contribution is 2.25. The topological polar surface area (TPSA) is 180 Å². The van der Waals surface area contributed by atoms with Gasteiger partial charge >= 0.3 is 0 Å². The fourth-order valence-electron chi connectivity index (χ4n) is 2.30. The molecule has 0 aromatic heterocycles. The lowest BCUT2D eigenvalue weighted by atomic mass is 9.98.